The molecule has 0 saturated carbocycles. The molecular formula is C13H25NO3. The van der Waals surface area contributed by atoms with Gasteiger partial charge in [0.1, 0.15) is 5.78 Å². The summed E-state index contributed by atoms with van der Waals surface area (Å²) in [5, 5.41) is 11.4. The van der Waals surface area contributed by atoms with Gasteiger partial charge in [-0.05, 0) is 24.7 Å². The van der Waals surface area contributed by atoms with Crippen molar-refractivity contribution in [3.05, 3.63) is 0 Å². The molecule has 1 atom stereocenters. The molecule has 17 heavy (non-hydrogen) atoms. The molecule has 0 unspecified atom stereocenters. The summed E-state index contributed by atoms with van der Waals surface area (Å²) in [5.41, 5.74) is 0. The zero-order valence-corrected chi connectivity index (χ0v) is 11.5. The third kappa shape index (κ3) is 5.82. The van der Waals surface area contributed by atoms with Crippen LogP contribution in [0.1, 0.15) is 34.6 Å². The summed E-state index contributed by atoms with van der Waals surface area (Å²) in [6.45, 7) is 10.4. The quantitative estimate of drug-likeness (QED) is 0.682. The molecule has 4 nitrogen and oxygen atoms in total. The van der Waals surface area contributed by atoms with Crippen molar-refractivity contribution in [1.82, 2.24) is 5.32 Å². The van der Waals surface area contributed by atoms with E-state index in [1.165, 1.54) is 0 Å². The van der Waals surface area contributed by atoms with Crippen molar-refractivity contribution < 1.29 is 14.7 Å². The number of carboxylic acids is 1. The first-order valence-corrected chi connectivity index (χ1v) is 6.20. The third-order valence-corrected chi connectivity index (χ3v) is 3.17. The van der Waals surface area contributed by atoms with Crippen LogP contribution in [0.15, 0.2) is 0 Å². The highest BCUT2D eigenvalue weighted by atomic mass is 16.4. The maximum absolute atomic E-state index is 11.7. The Morgan fingerprint density at radius 2 is 1.59 bits per heavy atom. The molecule has 0 aliphatic heterocycles. The molecule has 0 aromatic carbocycles. The van der Waals surface area contributed by atoms with Gasteiger partial charge in [0, 0.05) is 12.5 Å². The number of hydrogen-bond donors (Lipinski definition) is 2. The van der Waals surface area contributed by atoms with Crippen molar-refractivity contribution in [3.63, 3.8) is 0 Å². The van der Waals surface area contributed by atoms with E-state index >= 15 is 0 Å². The Kier molecular flexibility index (Phi) is 7.04. The van der Waals surface area contributed by atoms with Crippen LogP contribution in [0.2, 0.25) is 0 Å². The highest BCUT2D eigenvalue weighted by Gasteiger charge is 2.30. The molecular weight excluding hydrogens is 218 g/mol. The minimum Gasteiger partial charge on any atom is -0.480 e. The van der Waals surface area contributed by atoms with E-state index in [0.29, 0.717) is 18.4 Å². The van der Waals surface area contributed by atoms with Gasteiger partial charge in [-0.3, -0.25) is 9.59 Å². The lowest BCUT2D eigenvalue weighted by molar-refractivity contribution is -0.136. The predicted octanol–water partition coefficient (Wildman–Crippen LogP) is 1.79. The minimum atomic E-state index is -0.891. The van der Waals surface area contributed by atoms with E-state index in [2.05, 4.69) is 33.0 Å². The van der Waals surface area contributed by atoms with Crippen LogP contribution in [0, 0.1) is 23.7 Å². The molecule has 0 aromatic rings. The monoisotopic (exact) mass is 243 g/mol. The third-order valence-electron chi connectivity index (χ3n) is 3.17. The topological polar surface area (TPSA) is 66.4 Å². The average molecular weight is 243 g/mol. The van der Waals surface area contributed by atoms with Crippen LogP contribution in [0.25, 0.3) is 0 Å². The molecule has 0 rings (SSSR count). The van der Waals surface area contributed by atoms with E-state index in [4.69, 9.17) is 5.11 Å². The van der Waals surface area contributed by atoms with Crippen molar-refractivity contribution in [1.29, 1.82) is 0 Å². The summed E-state index contributed by atoms with van der Waals surface area (Å²) in [5.74, 6) is 0.252. The van der Waals surface area contributed by atoms with E-state index in [9.17, 15) is 9.59 Å². The summed E-state index contributed by atoms with van der Waals surface area (Å²) < 4.78 is 0. The van der Waals surface area contributed by atoms with Gasteiger partial charge >= 0.3 is 5.97 Å². The molecule has 0 amide bonds. The zero-order valence-electron chi connectivity index (χ0n) is 11.5. The first kappa shape index (κ1) is 16.1. The first-order chi connectivity index (χ1) is 7.77. The summed E-state index contributed by atoms with van der Waals surface area (Å²) in [6, 6.07) is 0. The van der Waals surface area contributed by atoms with Crippen LogP contribution in [0.5, 0.6) is 0 Å². The molecule has 0 aliphatic rings. The Hall–Kier alpha value is -0.900. The number of ketones is 1. The van der Waals surface area contributed by atoms with Crippen LogP contribution in [0.3, 0.4) is 0 Å². The summed E-state index contributed by atoms with van der Waals surface area (Å²) in [4.78, 5) is 22.1. The Labute approximate surface area is 104 Å². The SMILES string of the molecule is CC(=O)[C@H](CNCC(=O)O)C(C(C)C)C(C)C. The van der Waals surface area contributed by atoms with Crippen LogP contribution >= 0.6 is 0 Å². The second kappa shape index (κ2) is 7.43. The van der Waals surface area contributed by atoms with Crippen molar-refractivity contribution >= 4 is 11.8 Å². The second-order valence-electron chi connectivity index (χ2n) is 5.31. The molecule has 0 saturated heterocycles. The van der Waals surface area contributed by atoms with Crippen molar-refractivity contribution in [2.45, 2.75) is 34.6 Å². The number of aliphatic carboxylic acids is 1. The van der Waals surface area contributed by atoms with Gasteiger partial charge < -0.3 is 10.4 Å². The molecule has 0 aliphatic carbocycles. The maximum Gasteiger partial charge on any atom is 0.317 e. The van der Waals surface area contributed by atoms with Gasteiger partial charge in [-0.2, -0.15) is 0 Å². The highest BCUT2D eigenvalue weighted by molar-refractivity contribution is 5.79. The van der Waals surface area contributed by atoms with Crippen molar-refractivity contribution in [2.24, 2.45) is 23.7 Å². The van der Waals surface area contributed by atoms with E-state index < -0.39 is 5.97 Å². The van der Waals surface area contributed by atoms with Gasteiger partial charge in [-0.25, -0.2) is 0 Å². The fourth-order valence-electron chi connectivity index (χ4n) is 2.58. The fraction of sp³-hybridized carbons (Fsp3) is 0.846. The van der Waals surface area contributed by atoms with Crippen molar-refractivity contribution in [2.75, 3.05) is 13.1 Å². The number of Topliss-reactive ketones (excluding diaryl/α,β-unsaturated/α-hetero) is 1. The van der Waals surface area contributed by atoms with Crippen LogP contribution in [0.4, 0.5) is 0 Å². The first-order valence-electron chi connectivity index (χ1n) is 6.20. The van der Waals surface area contributed by atoms with Gasteiger partial charge in [-0.1, -0.05) is 27.7 Å². The Bertz CT molecular complexity index is 253. The van der Waals surface area contributed by atoms with Gasteiger partial charge in [-0.15, -0.1) is 0 Å². The molecule has 0 radical (unpaired) electrons. The second-order valence-corrected chi connectivity index (χ2v) is 5.31. The number of carbonyl (C=O) groups excluding carboxylic acids is 1. The molecule has 0 heterocycles. The van der Waals surface area contributed by atoms with Gasteiger partial charge in [0.2, 0.25) is 0 Å². The Morgan fingerprint density at radius 3 is 1.88 bits per heavy atom. The minimum absolute atomic E-state index is 0.0906. The molecule has 100 valence electrons. The highest BCUT2D eigenvalue weighted by Crippen LogP contribution is 2.29. The smallest absolute Gasteiger partial charge is 0.317 e. The van der Waals surface area contributed by atoms with Crippen molar-refractivity contribution in [3.8, 4) is 0 Å². The summed E-state index contributed by atoms with van der Waals surface area (Å²) in [6.07, 6.45) is 0. The molecule has 4 heteroatoms. The lowest BCUT2D eigenvalue weighted by Crippen LogP contribution is -2.39. The van der Waals surface area contributed by atoms with Crippen LogP contribution < -0.4 is 5.32 Å². The van der Waals surface area contributed by atoms with Gasteiger partial charge in [0.25, 0.3) is 0 Å². The molecule has 2 N–H and O–H groups in total. The maximum atomic E-state index is 11.7. The fourth-order valence-corrected chi connectivity index (χ4v) is 2.58. The molecule has 0 bridgehead atoms. The Morgan fingerprint density at radius 1 is 1.12 bits per heavy atom. The lowest BCUT2D eigenvalue weighted by atomic mass is 9.74. The van der Waals surface area contributed by atoms with E-state index in [1.54, 1.807) is 6.92 Å². The predicted molar refractivity (Wildman–Crippen MR) is 67.8 cm³/mol. The number of nitrogens with one attached hydrogen (secondary N) is 1. The number of rotatable bonds is 8. The number of carbonyl (C=O) groups is 2. The zero-order chi connectivity index (χ0) is 13.6. The molecule has 0 spiro atoms. The average Bonchev–Trinajstić information content (AvgIpc) is 2.13. The van der Waals surface area contributed by atoms with Gasteiger partial charge in [0.05, 0.1) is 6.54 Å². The number of carboxylic acid groups (broad SMARTS) is 1. The van der Waals surface area contributed by atoms with Gasteiger partial charge in [0.15, 0.2) is 0 Å². The molecule has 0 fully saturated rings. The largest absolute Gasteiger partial charge is 0.480 e. The van der Waals surface area contributed by atoms with Crippen LogP contribution in [-0.2, 0) is 9.59 Å². The standard InChI is InChI=1S/C13H25NO3/c1-8(2)13(9(3)4)11(10(5)15)6-14-7-12(16)17/h8-9,11,13-14H,6-7H2,1-5H3,(H,16,17)/t11-/m0/s1. The van der Waals surface area contributed by atoms with Crippen LogP contribution in [-0.4, -0.2) is 29.9 Å². The lowest BCUT2D eigenvalue weighted by Gasteiger charge is -2.32. The van der Waals surface area contributed by atoms with E-state index in [0.717, 1.165) is 0 Å². The normalized spacial score (nSPS) is 13.4. The summed E-state index contributed by atoms with van der Waals surface area (Å²) >= 11 is 0. The van der Waals surface area contributed by atoms with E-state index in [-0.39, 0.29) is 24.2 Å². The summed E-state index contributed by atoms with van der Waals surface area (Å²) in [7, 11) is 0. The Balaban J connectivity index is 4.58. The molecule has 0 aromatic heterocycles. The number of hydrogen-bond acceptors (Lipinski definition) is 3. The van der Waals surface area contributed by atoms with E-state index in [1.807, 2.05) is 0 Å².